The minimum absolute atomic E-state index is 0.0445. The number of benzene rings is 1. The van der Waals surface area contributed by atoms with Gasteiger partial charge in [-0.05, 0) is 37.7 Å². The number of ether oxygens (including phenoxy) is 1. The van der Waals surface area contributed by atoms with Crippen molar-refractivity contribution < 1.29 is 13.9 Å². The molecule has 0 saturated heterocycles. The van der Waals surface area contributed by atoms with Crippen LogP contribution in [0.4, 0.5) is 14.9 Å². The summed E-state index contributed by atoms with van der Waals surface area (Å²) in [5, 5.41) is 0. The van der Waals surface area contributed by atoms with Crippen molar-refractivity contribution in [1.29, 1.82) is 0 Å². The van der Waals surface area contributed by atoms with E-state index in [1.54, 1.807) is 17.7 Å². The third kappa shape index (κ3) is 4.27. The SMILES string of the molecule is COc1cc(F)cc(N(C)C(=O)N(C)CC#Cc2nc3c([nH]2)c(=O)n(C2CC2)c(=O)n3C2CC2)c1. The topological polar surface area (TPSA) is 105 Å². The van der Waals surface area contributed by atoms with Gasteiger partial charge in [0.1, 0.15) is 11.6 Å². The van der Waals surface area contributed by atoms with Crippen LogP contribution < -0.4 is 20.9 Å². The Labute approximate surface area is 199 Å². The van der Waals surface area contributed by atoms with Gasteiger partial charge in [-0.15, -0.1) is 0 Å². The van der Waals surface area contributed by atoms with E-state index in [0.717, 1.165) is 25.7 Å². The third-order valence-electron chi connectivity index (χ3n) is 6.20. The Bertz CT molecular complexity index is 1500. The number of fused-ring (bicyclic) bond motifs is 1. The molecule has 0 atom stereocenters. The molecular weight excluding hydrogens is 455 g/mol. The van der Waals surface area contributed by atoms with Gasteiger partial charge in [0.05, 0.1) is 19.3 Å². The first kappa shape index (κ1) is 22.7. The van der Waals surface area contributed by atoms with Gasteiger partial charge in [0.25, 0.3) is 5.56 Å². The number of halogens is 1. The molecule has 0 aliphatic heterocycles. The molecule has 182 valence electrons. The van der Waals surface area contributed by atoms with Crippen molar-refractivity contribution in [3.05, 3.63) is 50.7 Å². The average Bonchev–Trinajstić information content (AvgIpc) is 3.77. The molecule has 1 aromatic carbocycles. The van der Waals surface area contributed by atoms with Gasteiger partial charge in [0, 0.05) is 38.3 Å². The van der Waals surface area contributed by atoms with Crippen LogP contribution in [-0.2, 0) is 0 Å². The van der Waals surface area contributed by atoms with Crippen molar-refractivity contribution >= 4 is 22.9 Å². The summed E-state index contributed by atoms with van der Waals surface area (Å²) in [6.45, 7) is 0.0639. The second-order valence-corrected chi connectivity index (χ2v) is 8.92. The van der Waals surface area contributed by atoms with E-state index in [2.05, 4.69) is 21.8 Å². The molecule has 1 N–H and O–H groups in total. The summed E-state index contributed by atoms with van der Waals surface area (Å²) in [4.78, 5) is 48.7. The van der Waals surface area contributed by atoms with E-state index in [-0.39, 0.29) is 41.2 Å². The zero-order chi connectivity index (χ0) is 24.9. The first-order chi connectivity index (χ1) is 16.8. The van der Waals surface area contributed by atoms with Gasteiger partial charge in [-0.3, -0.25) is 18.8 Å². The highest BCUT2D eigenvalue weighted by atomic mass is 19.1. The van der Waals surface area contributed by atoms with E-state index in [1.807, 2.05) is 0 Å². The van der Waals surface area contributed by atoms with E-state index in [9.17, 15) is 18.8 Å². The summed E-state index contributed by atoms with van der Waals surface area (Å²) in [5.41, 5.74) is 0.268. The summed E-state index contributed by atoms with van der Waals surface area (Å²) < 4.78 is 21.8. The van der Waals surface area contributed by atoms with Crippen LogP contribution in [0.25, 0.3) is 11.2 Å². The number of aromatic nitrogens is 4. The highest BCUT2D eigenvalue weighted by molar-refractivity contribution is 5.91. The van der Waals surface area contributed by atoms with Gasteiger partial charge >= 0.3 is 11.7 Å². The van der Waals surface area contributed by atoms with Crippen molar-refractivity contribution in [2.45, 2.75) is 37.8 Å². The summed E-state index contributed by atoms with van der Waals surface area (Å²) in [7, 11) is 4.52. The molecule has 10 nitrogen and oxygen atoms in total. The maximum atomic E-state index is 13.8. The quantitative estimate of drug-likeness (QED) is 0.564. The minimum Gasteiger partial charge on any atom is -0.497 e. The van der Waals surface area contributed by atoms with Crippen molar-refractivity contribution in [3.8, 4) is 17.6 Å². The molecule has 3 aromatic rings. The summed E-state index contributed by atoms with van der Waals surface area (Å²) >= 11 is 0. The molecule has 2 aliphatic carbocycles. The molecule has 0 unspecified atom stereocenters. The van der Waals surface area contributed by atoms with Gasteiger partial charge in [-0.25, -0.2) is 19.0 Å². The van der Waals surface area contributed by atoms with Crippen LogP contribution >= 0.6 is 0 Å². The van der Waals surface area contributed by atoms with Crippen LogP contribution in [0, 0.1) is 17.7 Å². The van der Waals surface area contributed by atoms with Crippen LogP contribution in [0.2, 0.25) is 0 Å². The smallest absolute Gasteiger partial charge is 0.333 e. The minimum atomic E-state index is -0.517. The molecule has 11 heteroatoms. The molecule has 2 heterocycles. The predicted octanol–water partition coefficient (Wildman–Crippen LogP) is 2.24. The Morgan fingerprint density at radius 2 is 1.86 bits per heavy atom. The highest BCUT2D eigenvalue weighted by Crippen LogP contribution is 2.36. The number of carbonyl (C=O) groups excluding carboxylic acids is 1. The number of rotatable bonds is 5. The Kier molecular flexibility index (Phi) is 5.59. The normalized spacial score (nSPS) is 15.0. The number of H-pyrrole nitrogens is 1. The first-order valence-corrected chi connectivity index (χ1v) is 11.4. The number of hydrogen-bond acceptors (Lipinski definition) is 5. The van der Waals surface area contributed by atoms with Gasteiger partial charge in [0.2, 0.25) is 0 Å². The van der Waals surface area contributed by atoms with Crippen molar-refractivity contribution in [1.82, 2.24) is 24.0 Å². The fraction of sp³-hybridized carbons (Fsp3) is 0.417. The molecule has 2 amide bonds. The van der Waals surface area contributed by atoms with E-state index in [4.69, 9.17) is 4.74 Å². The fourth-order valence-electron chi connectivity index (χ4n) is 4.01. The van der Waals surface area contributed by atoms with E-state index in [1.165, 1.54) is 40.7 Å². The van der Waals surface area contributed by atoms with Crippen LogP contribution in [0.1, 0.15) is 43.6 Å². The Hall–Kier alpha value is -4.07. The van der Waals surface area contributed by atoms with E-state index in [0.29, 0.717) is 17.1 Å². The second-order valence-electron chi connectivity index (χ2n) is 8.92. The average molecular weight is 481 g/mol. The number of hydrogen-bond donors (Lipinski definition) is 1. The van der Waals surface area contributed by atoms with Gasteiger partial charge in [0.15, 0.2) is 17.0 Å². The first-order valence-electron chi connectivity index (χ1n) is 11.4. The molecule has 2 saturated carbocycles. The van der Waals surface area contributed by atoms with Crippen LogP contribution in [0.5, 0.6) is 5.75 Å². The largest absolute Gasteiger partial charge is 0.497 e. The molecule has 0 bridgehead atoms. The number of nitrogens with one attached hydrogen (secondary N) is 1. The maximum absolute atomic E-state index is 13.8. The number of amides is 2. The Morgan fingerprint density at radius 1 is 1.17 bits per heavy atom. The zero-order valence-electron chi connectivity index (χ0n) is 19.7. The molecular formula is C24H25FN6O4. The summed E-state index contributed by atoms with van der Waals surface area (Å²) in [6.07, 6.45) is 3.40. The van der Waals surface area contributed by atoms with E-state index >= 15 is 0 Å². The fourth-order valence-corrected chi connectivity index (χ4v) is 4.01. The predicted molar refractivity (Wildman–Crippen MR) is 127 cm³/mol. The van der Waals surface area contributed by atoms with Crippen LogP contribution in [-0.4, -0.2) is 57.8 Å². The van der Waals surface area contributed by atoms with Gasteiger partial charge in [-0.1, -0.05) is 5.92 Å². The third-order valence-corrected chi connectivity index (χ3v) is 6.20. The molecule has 5 rings (SSSR count). The molecule has 0 spiro atoms. The van der Waals surface area contributed by atoms with Gasteiger partial charge in [-0.2, -0.15) is 0 Å². The van der Waals surface area contributed by atoms with E-state index < -0.39 is 11.8 Å². The molecule has 2 aromatic heterocycles. The van der Waals surface area contributed by atoms with Crippen LogP contribution in [0.3, 0.4) is 0 Å². The standard InChI is InChI=1S/C24H25FN6O4/c1-28(23(33)29(2)17-11-14(25)12-18(13-17)35-3)10-4-5-19-26-20-21(27-19)30(15-6-7-15)24(34)31(22(20)32)16-8-9-16/h11-13,15-16H,6-10H2,1-3H3,(H,26,27). The Balaban J connectivity index is 1.37. The van der Waals surface area contributed by atoms with Gasteiger partial charge < -0.3 is 14.6 Å². The number of anilines is 1. The lowest BCUT2D eigenvalue weighted by molar-refractivity contribution is 0.221. The molecule has 0 radical (unpaired) electrons. The van der Waals surface area contributed by atoms with Crippen LogP contribution in [0.15, 0.2) is 27.8 Å². The number of imidazole rings is 1. The van der Waals surface area contributed by atoms with Crippen molar-refractivity contribution in [2.24, 2.45) is 0 Å². The maximum Gasteiger partial charge on any atom is 0.333 e. The number of aromatic amines is 1. The zero-order valence-corrected chi connectivity index (χ0v) is 19.7. The number of urea groups is 1. The number of carbonyl (C=O) groups is 1. The summed E-state index contributed by atoms with van der Waals surface area (Å²) in [5.74, 6) is 5.76. The lowest BCUT2D eigenvalue weighted by Gasteiger charge is -2.23. The number of nitrogens with zero attached hydrogens (tertiary/aromatic N) is 5. The second kappa shape index (κ2) is 8.61. The lowest BCUT2D eigenvalue weighted by atomic mass is 10.2. The number of methoxy groups -OCH3 is 1. The summed E-state index contributed by atoms with van der Waals surface area (Å²) in [6, 6.07) is 3.64. The lowest BCUT2D eigenvalue weighted by Crippen LogP contribution is -2.39. The van der Waals surface area contributed by atoms with Crippen molar-refractivity contribution in [3.63, 3.8) is 0 Å². The van der Waals surface area contributed by atoms with Crippen molar-refractivity contribution in [2.75, 3.05) is 32.6 Å². The Morgan fingerprint density at radius 3 is 2.51 bits per heavy atom. The highest BCUT2D eigenvalue weighted by Gasteiger charge is 2.34. The molecule has 2 aliphatic rings. The molecule has 35 heavy (non-hydrogen) atoms. The molecule has 2 fully saturated rings. The monoisotopic (exact) mass is 480 g/mol.